The first-order valence-corrected chi connectivity index (χ1v) is 23.9. The molecule has 0 amide bonds. The number of hydrogen-bond acceptors (Lipinski definition) is 2. The fraction of sp³-hybridized carbons (Fsp3) is 0. The summed E-state index contributed by atoms with van der Waals surface area (Å²) in [5.74, 6) is 0.918. The molecule has 3 nitrogen and oxygen atoms in total. The van der Waals surface area contributed by atoms with Crippen LogP contribution in [0.3, 0.4) is 0 Å². The zero-order valence-corrected chi connectivity index (χ0v) is 38.5. The molecular weight excluding hydrogens is 847 g/mol. The first kappa shape index (κ1) is 42.1. The summed E-state index contributed by atoms with van der Waals surface area (Å²) < 4.78 is 2.28. The minimum absolute atomic E-state index is 0.918. The Hall–Kier alpha value is -9.31. The molecule has 0 saturated heterocycles. The minimum Gasteiger partial charge on any atom is -0.310 e. The molecule has 1 heterocycles. The number of benzene rings is 11. The van der Waals surface area contributed by atoms with Gasteiger partial charge in [0.1, 0.15) is 5.82 Å². The lowest BCUT2D eigenvalue weighted by Crippen LogP contribution is -2.11. The van der Waals surface area contributed by atoms with Crippen LogP contribution in [0.2, 0.25) is 0 Å². The Labute approximate surface area is 409 Å². The first-order valence-electron chi connectivity index (χ1n) is 23.9. The van der Waals surface area contributed by atoms with Crippen molar-refractivity contribution in [2.75, 3.05) is 4.90 Å². The number of aromatic nitrogens is 2. The third-order valence-corrected chi connectivity index (χ3v) is 13.1. The number of rotatable bonds is 11. The van der Waals surface area contributed by atoms with Gasteiger partial charge in [-0.25, -0.2) is 4.98 Å². The van der Waals surface area contributed by atoms with E-state index in [0.29, 0.717) is 0 Å². The molecule has 330 valence electrons. The van der Waals surface area contributed by atoms with Gasteiger partial charge in [-0.15, -0.1) is 0 Å². The smallest absolute Gasteiger partial charge is 0.145 e. The summed E-state index contributed by atoms with van der Waals surface area (Å²) in [5, 5.41) is 0. The van der Waals surface area contributed by atoms with Gasteiger partial charge in [0.2, 0.25) is 0 Å². The molecule has 0 bridgehead atoms. The van der Waals surface area contributed by atoms with Crippen LogP contribution < -0.4 is 4.90 Å². The van der Waals surface area contributed by atoms with Crippen molar-refractivity contribution in [3.8, 4) is 83.8 Å². The van der Waals surface area contributed by atoms with E-state index >= 15 is 0 Å². The second-order valence-electron chi connectivity index (χ2n) is 17.6. The third-order valence-electron chi connectivity index (χ3n) is 13.1. The van der Waals surface area contributed by atoms with Gasteiger partial charge in [0.15, 0.2) is 0 Å². The van der Waals surface area contributed by atoms with Crippen LogP contribution in [-0.4, -0.2) is 9.55 Å². The predicted molar refractivity (Wildman–Crippen MR) is 294 cm³/mol. The van der Waals surface area contributed by atoms with Crippen molar-refractivity contribution in [2.24, 2.45) is 0 Å². The molecule has 1 aromatic heterocycles. The van der Waals surface area contributed by atoms with Crippen molar-refractivity contribution in [1.29, 1.82) is 0 Å². The third kappa shape index (κ3) is 8.38. The second kappa shape index (κ2) is 18.8. The lowest BCUT2D eigenvalue weighted by atomic mass is 9.95. The molecule has 12 rings (SSSR count). The van der Waals surface area contributed by atoms with Crippen molar-refractivity contribution in [2.45, 2.75) is 0 Å². The van der Waals surface area contributed by atoms with Gasteiger partial charge in [-0.05, 0) is 134 Å². The van der Waals surface area contributed by atoms with Gasteiger partial charge in [0.25, 0.3) is 0 Å². The molecule has 11 aromatic carbocycles. The van der Waals surface area contributed by atoms with Crippen molar-refractivity contribution >= 4 is 28.1 Å². The Morgan fingerprint density at radius 3 is 1.10 bits per heavy atom. The average Bonchev–Trinajstić information content (AvgIpc) is 3.85. The summed E-state index contributed by atoms with van der Waals surface area (Å²) in [6.45, 7) is 0. The summed E-state index contributed by atoms with van der Waals surface area (Å²) in [7, 11) is 0. The zero-order chi connectivity index (χ0) is 46.6. The van der Waals surface area contributed by atoms with Crippen LogP contribution in [0.5, 0.6) is 0 Å². The van der Waals surface area contributed by atoms with Crippen molar-refractivity contribution in [3.05, 3.63) is 285 Å². The lowest BCUT2D eigenvalue weighted by molar-refractivity contribution is 1.10. The topological polar surface area (TPSA) is 21.1 Å². The van der Waals surface area contributed by atoms with Gasteiger partial charge in [-0.3, -0.25) is 4.57 Å². The number of imidazole rings is 1. The quantitative estimate of drug-likeness (QED) is 0.129. The van der Waals surface area contributed by atoms with Gasteiger partial charge in [0, 0.05) is 33.9 Å². The summed E-state index contributed by atoms with van der Waals surface area (Å²) >= 11 is 0. The zero-order valence-electron chi connectivity index (χ0n) is 38.5. The molecule has 0 atom stereocenters. The number of para-hydroxylation sites is 2. The molecule has 3 heteroatoms. The van der Waals surface area contributed by atoms with Crippen LogP contribution in [0, 0.1) is 0 Å². The molecular formula is C67H47N3. The Morgan fingerprint density at radius 1 is 0.257 bits per heavy atom. The van der Waals surface area contributed by atoms with E-state index in [0.717, 1.165) is 89.7 Å². The van der Waals surface area contributed by atoms with Crippen molar-refractivity contribution < 1.29 is 0 Å². The van der Waals surface area contributed by atoms with Crippen LogP contribution in [-0.2, 0) is 0 Å². The maximum absolute atomic E-state index is 5.39. The largest absolute Gasteiger partial charge is 0.310 e. The van der Waals surface area contributed by atoms with Gasteiger partial charge in [-0.1, -0.05) is 212 Å². The van der Waals surface area contributed by atoms with Crippen LogP contribution in [0.25, 0.3) is 94.9 Å². The Balaban J connectivity index is 1.00. The highest BCUT2D eigenvalue weighted by Crippen LogP contribution is 2.44. The molecule has 0 spiro atoms. The fourth-order valence-corrected chi connectivity index (χ4v) is 9.74. The van der Waals surface area contributed by atoms with E-state index < -0.39 is 0 Å². The van der Waals surface area contributed by atoms with E-state index in [9.17, 15) is 0 Å². The lowest BCUT2D eigenvalue weighted by Gasteiger charge is -2.28. The van der Waals surface area contributed by atoms with E-state index in [1.165, 1.54) is 22.3 Å². The minimum atomic E-state index is 0.918. The molecule has 12 aromatic rings. The Morgan fingerprint density at radius 2 is 0.629 bits per heavy atom. The number of hydrogen-bond donors (Lipinski definition) is 0. The predicted octanol–water partition coefficient (Wildman–Crippen LogP) is 18.2. The number of nitrogens with zero attached hydrogens (tertiary/aromatic N) is 3. The highest BCUT2D eigenvalue weighted by Gasteiger charge is 2.20. The molecule has 0 unspecified atom stereocenters. The SMILES string of the molecule is c1ccc(-c2cc(-c3ccccc3)cc(N(c3ccc(-c4cccc(-c5cccc6c5nc(-c5ccccc5)n6-c5ccccc5)c4)cc3)c3cc(-c4ccccc4)cc(-c4ccccc4)c3)c2)cc1. The molecule has 0 N–H and O–H groups in total. The molecule has 0 aliphatic rings. The summed E-state index contributed by atoms with van der Waals surface area (Å²) in [4.78, 5) is 7.81. The van der Waals surface area contributed by atoms with Crippen molar-refractivity contribution in [1.82, 2.24) is 9.55 Å². The van der Waals surface area contributed by atoms with E-state index in [2.05, 4.69) is 295 Å². The van der Waals surface area contributed by atoms with Gasteiger partial charge < -0.3 is 4.90 Å². The summed E-state index contributed by atoms with van der Waals surface area (Å²) in [5.41, 5.74) is 21.1. The summed E-state index contributed by atoms with van der Waals surface area (Å²) in [6, 6.07) is 102. The van der Waals surface area contributed by atoms with Gasteiger partial charge >= 0.3 is 0 Å². The Bertz CT molecular complexity index is 3480. The molecule has 70 heavy (non-hydrogen) atoms. The van der Waals surface area contributed by atoms with Gasteiger partial charge in [0.05, 0.1) is 11.0 Å². The second-order valence-corrected chi connectivity index (χ2v) is 17.6. The van der Waals surface area contributed by atoms with Crippen LogP contribution in [0.15, 0.2) is 285 Å². The normalized spacial score (nSPS) is 11.1. The monoisotopic (exact) mass is 893 g/mol. The maximum atomic E-state index is 5.39. The standard InChI is InChI=1S/C67H47N3/c1-7-21-48(22-8-1)56-42-57(49-23-9-2-10-24-49)45-62(44-56)69(63-46-58(50-25-11-3-12-26-50)43-59(47-63)51-27-13-4-14-28-51)61-39-37-52(38-40-61)54-31-19-32-55(41-54)64-35-20-36-65-66(64)68-67(53-29-15-5-16-30-53)70(65)60-33-17-6-18-34-60/h1-47H. The average molecular weight is 894 g/mol. The fourth-order valence-electron chi connectivity index (χ4n) is 9.74. The van der Waals surface area contributed by atoms with E-state index in [-0.39, 0.29) is 0 Å². The van der Waals surface area contributed by atoms with E-state index in [1.54, 1.807) is 0 Å². The molecule has 0 fully saturated rings. The number of fused-ring (bicyclic) bond motifs is 1. The van der Waals surface area contributed by atoms with Crippen molar-refractivity contribution in [3.63, 3.8) is 0 Å². The highest BCUT2D eigenvalue weighted by molar-refractivity contribution is 5.96. The molecule has 0 saturated carbocycles. The summed E-state index contributed by atoms with van der Waals surface area (Å²) in [6.07, 6.45) is 0. The van der Waals surface area contributed by atoms with E-state index in [1.807, 2.05) is 0 Å². The molecule has 0 aliphatic heterocycles. The maximum Gasteiger partial charge on any atom is 0.145 e. The highest BCUT2D eigenvalue weighted by atomic mass is 15.1. The first-order chi connectivity index (χ1) is 34.7. The van der Waals surface area contributed by atoms with Crippen LogP contribution >= 0.6 is 0 Å². The molecule has 0 radical (unpaired) electrons. The van der Waals surface area contributed by atoms with Crippen LogP contribution in [0.1, 0.15) is 0 Å². The van der Waals surface area contributed by atoms with E-state index in [4.69, 9.17) is 4.98 Å². The Kier molecular flexibility index (Phi) is 11.3. The van der Waals surface area contributed by atoms with Crippen LogP contribution in [0.4, 0.5) is 17.1 Å². The number of anilines is 3. The van der Waals surface area contributed by atoms with Gasteiger partial charge in [-0.2, -0.15) is 0 Å². The molecule has 0 aliphatic carbocycles.